The molecule has 1 saturated carbocycles. The fraction of sp³-hybridized carbons (Fsp3) is 0.500. The van der Waals surface area contributed by atoms with Crippen molar-refractivity contribution >= 4 is 11.7 Å². The van der Waals surface area contributed by atoms with Crippen LogP contribution in [0.15, 0.2) is 24.3 Å². The standard InChI is InChI=1S/C14H19N3O4/c1-21-14(6-3-7-14)10-16-13(18)15-9-11-4-2-5-12(8-11)17(19)20/h2,4-5,8H,3,6-7,9-10H2,1H3,(H2,15,16,18). The molecule has 0 bridgehead atoms. The molecule has 1 aromatic carbocycles. The molecule has 0 radical (unpaired) electrons. The van der Waals surface area contributed by atoms with Crippen LogP contribution in [-0.2, 0) is 11.3 Å². The molecule has 0 aliphatic heterocycles. The topological polar surface area (TPSA) is 93.5 Å². The highest BCUT2D eigenvalue weighted by Gasteiger charge is 2.37. The summed E-state index contributed by atoms with van der Waals surface area (Å²) in [7, 11) is 1.65. The Balaban J connectivity index is 1.78. The first-order valence-corrected chi connectivity index (χ1v) is 6.85. The number of benzene rings is 1. The van der Waals surface area contributed by atoms with Crippen LogP contribution in [0.25, 0.3) is 0 Å². The van der Waals surface area contributed by atoms with Gasteiger partial charge in [-0.25, -0.2) is 4.79 Å². The number of nitro benzene ring substituents is 1. The Labute approximate surface area is 122 Å². The molecule has 0 spiro atoms. The van der Waals surface area contributed by atoms with Crippen molar-refractivity contribution in [2.24, 2.45) is 0 Å². The number of nitrogens with one attached hydrogen (secondary N) is 2. The molecule has 2 N–H and O–H groups in total. The minimum absolute atomic E-state index is 0.0162. The highest BCUT2D eigenvalue weighted by Crippen LogP contribution is 2.34. The summed E-state index contributed by atoms with van der Waals surface area (Å²) in [6, 6.07) is 5.90. The van der Waals surface area contributed by atoms with E-state index in [-0.39, 0.29) is 23.9 Å². The van der Waals surface area contributed by atoms with Crippen molar-refractivity contribution in [1.82, 2.24) is 10.6 Å². The van der Waals surface area contributed by atoms with Crippen LogP contribution >= 0.6 is 0 Å². The number of nitro groups is 1. The zero-order chi connectivity index (χ0) is 15.3. The maximum Gasteiger partial charge on any atom is 0.315 e. The number of nitrogens with zero attached hydrogens (tertiary/aromatic N) is 1. The van der Waals surface area contributed by atoms with Gasteiger partial charge in [-0.1, -0.05) is 12.1 Å². The lowest BCUT2D eigenvalue weighted by Gasteiger charge is -2.40. The van der Waals surface area contributed by atoms with Crippen molar-refractivity contribution in [2.75, 3.05) is 13.7 Å². The summed E-state index contributed by atoms with van der Waals surface area (Å²) in [6.45, 7) is 0.720. The van der Waals surface area contributed by atoms with E-state index in [1.54, 1.807) is 19.2 Å². The normalized spacial score (nSPS) is 15.9. The second kappa shape index (κ2) is 6.53. The Morgan fingerprint density at radius 1 is 1.43 bits per heavy atom. The van der Waals surface area contributed by atoms with Gasteiger partial charge in [0.15, 0.2) is 0 Å². The zero-order valence-corrected chi connectivity index (χ0v) is 11.9. The number of hydrogen-bond donors (Lipinski definition) is 2. The van der Waals surface area contributed by atoms with Crippen molar-refractivity contribution in [2.45, 2.75) is 31.4 Å². The molecule has 7 nitrogen and oxygen atoms in total. The van der Waals surface area contributed by atoms with Crippen LogP contribution in [0.2, 0.25) is 0 Å². The molecular formula is C14H19N3O4. The zero-order valence-electron chi connectivity index (χ0n) is 11.9. The smallest absolute Gasteiger partial charge is 0.315 e. The highest BCUT2D eigenvalue weighted by molar-refractivity contribution is 5.73. The summed E-state index contributed by atoms with van der Waals surface area (Å²) < 4.78 is 5.41. The quantitative estimate of drug-likeness (QED) is 0.619. The van der Waals surface area contributed by atoms with Gasteiger partial charge in [-0.05, 0) is 24.8 Å². The molecule has 1 fully saturated rings. The molecule has 21 heavy (non-hydrogen) atoms. The average Bonchev–Trinajstić information content (AvgIpc) is 2.44. The summed E-state index contributed by atoms with van der Waals surface area (Å²) in [5, 5.41) is 16.1. The molecule has 0 saturated heterocycles. The van der Waals surface area contributed by atoms with Gasteiger partial charge in [-0.15, -0.1) is 0 Å². The van der Waals surface area contributed by atoms with Gasteiger partial charge in [0.2, 0.25) is 0 Å². The Kier molecular flexibility index (Phi) is 4.74. The van der Waals surface area contributed by atoms with E-state index in [0.717, 1.165) is 19.3 Å². The van der Waals surface area contributed by atoms with Crippen LogP contribution in [0, 0.1) is 10.1 Å². The van der Waals surface area contributed by atoms with Gasteiger partial charge in [0.1, 0.15) is 0 Å². The van der Waals surface area contributed by atoms with Crippen molar-refractivity contribution in [1.29, 1.82) is 0 Å². The Hall–Kier alpha value is -2.15. The fourth-order valence-electron chi connectivity index (χ4n) is 2.29. The van der Waals surface area contributed by atoms with E-state index >= 15 is 0 Å². The van der Waals surface area contributed by atoms with Gasteiger partial charge in [0.25, 0.3) is 5.69 Å². The van der Waals surface area contributed by atoms with E-state index in [1.807, 2.05) is 0 Å². The van der Waals surface area contributed by atoms with Crippen LogP contribution in [0.3, 0.4) is 0 Å². The Bertz CT molecular complexity index is 523. The number of ether oxygens (including phenoxy) is 1. The summed E-state index contributed by atoms with van der Waals surface area (Å²) >= 11 is 0. The van der Waals surface area contributed by atoms with E-state index < -0.39 is 4.92 Å². The Morgan fingerprint density at radius 3 is 2.76 bits per heavy atom. The van der Waals surface area contributed by atoms with Crippen LogP contribution in [-0.4, -0.2) is 30.2 Å². The van der Waals surface area contributed by atoms with Crippen LogP contribution < -0.4 is 10.6 Å². The number of rotatable bonds is 6. The van der Waals surface area contributed by atoms with Crippen LogP contribution in [0.4, 0.5) is 10.5 Å². The molecule has 1 aromatic rings. The summed E-state index contributed by atoms with van der Waals surface area (Å²) in [6.07, 6.45) is 3.02. The van der Waals surface area contributed by atoms with Crippen molar-refractivity contribution in [3.63, 3.8) is 0 Å². The second-order valence-electron chi connectivity index (χ2n) is 5.20. The first kappa shape index (κ1) is 15.2. The Morgan fingerprint density at radius 2 is 2.19 bits per heavy atom. The van der Waals surface area contributed by atoms with E-state index in [9.17, 15) is 14.9 Å². The third-order valence-corrected chi connectivity index (χ3v) is 3.84. The maximum atomic E-state index is 11.7. The number of amides is 2. The summed E-state index contributed by atoms with van der Waals surface area (Å²) in [5.41, 5.74) is 0.482. The molecule has 1 aliphatic carbocycles. The van der Waals surface area contributed by atoms with Crippen LogP contribution in [0.5, 0.6) is 0 Å². The van der Waals surface area contributed by atoms with Crippen LogP contribution in [0.1, 0.15) is 24.8 Å². The molecule has 7 heteroatoms. The van der Waals surface area contributed by atoms with Gasteiger partial charge in [-0.3, -0.25) is 10.1 Å². The van der Waals surface area contributed by atoms with E-state index in [2.05, 4.69) is 10.6 Å². The lowest BCUT2D eigenvalue weighted by Crippen LogP contribution is -2.51. The SMILES string of the molecule is COC1(CNC(=O)NCc2cccc([N+](=O)[O-])c2)CCC1. The number of non-ortho nitro benzene ring substituents is 1. The molecule has 1 aliphatic rings. The first-order chi connectivity index (χ1) is 10.0. The number of urea groups is 1. The fourth-order valence-corrected chi connectivity index (χ4v) is 2.29. The molecule has 114 valence electrons. The lowest BCUT2D eigenvalue weighted by atomic mass is 9.80. The monoisotopic (exact) mass is 293 g/mol. The first-order valence-electron chi connectivity index (χ1n) is 6.85. The minimum Gasteiger partial charge on any atom is -0.376 e. The third kappa shape index (κ3) is 3.91. The van der Waals surface area contributed by atoms with E-state index in [0.29, 0.717) is 12.1 Å². The van der Waals surface area contributed by atoms with Crippen molar-refractivity contribution < 1.29 is 14.5 Å². The largest absolute Gasteiger partial charge is 0.376 e. The predicted octanol–water partition coefficient (Wildman–Crippen LogP) is 1.96. The molecule has 0 heterocycles. The number of hydrogen-bond acceptors (Lipinski definition) is 4. The van der Waals surface area contributed by atoms with Gasteiger partial charge >= 0.3 is 6.03 Å². The van der Waals surface area contributed by atoms with Gasteiger partial charge in [0, 0.05) is 32.3 Å². The summed E-state index contributed by atoms with van der Waals surface area (Å²) in [4.78, 5) is 21.9. The lowest BCUT2D eigenvalue weighted by molar-refractivity contribution is -0.384. The summed E-state index contributed by atoms with van der Waals surface area (Å²) in [5.74, 6) is 0. The number of carbonyl (C=O) groups excluding carboxylic acids is 1. The molecule has 0 unspecified atom stereocenters. The maximum absolute atomic E-state index is 11.7. The highest BCUT2D eigenvalue weighted by atomic mass is 16.6. The molecule has 2 rings (SSSR count). The second-order valence-corrected chi connectivity index (χ2v) is 5.20. The molecule has 0 atom stereocenters. The predicted molar refractivity (Wildman–Crippen MR) is 76.9 cm³/mol. The van der Waals surface area contributed by atoms with Crippen molar-refractivity contribution in [3.8, 4) is 0 Å². The molecule has 2 amide bonds. The molecular weight excluding hydrogens is 274 g/mol. The van der Waals surface area contributed by atoms with E-state index in [1.165, 1.54) is 12.1 Å². The number of methoxy groups -OCH3 is 1. The third-order valence-electron chi connectivity index (χ3n) is 3.84. The van der Waals surface area contributed by atoms with E-state index in [4.69, 9.17) is 4.74 Å². The minimum atomic E-state index is -0.456. The van der Waals surface area contributed by atoms with Gasteiger partial charge in [0.05, 0.1) is 10.5 Å². The molecule has 0 aromatic heterocycles. The van der Waals surface area contributed by atoms with Gasteiger partial charge < -0.3 is 15.4 Å². The average molecular weight is 293 g/mol. The van der Waals surface area contributed by atoms with Crippen molar-refractivity contribution in [3.05, 3.63) is 39.9 Å². The number of carbonyl (C=O) groups is 1. The van der Waals surface area contributed by atoms with Gasteiger partial charge in [-0.2, -0.15) is 0 Å².